The van der Waals surface area contributed by atoms with Crippen molar-refractivity contribution < 1.29 is 0 Å². The van der Waals surface area contributed by atoms with Crippen LogP contribution in [0.25, 0.3) is 0 Å². The lowest BCUT2D eigenvalue weighted by atomic mass is 10.3. The van der Waals surface area contributed by atoms with E-state index in [9.17, 15) is 0 Å². The summed E-state index contributed by atoms with van der Waals surface area (Å²) in [5.41, 5.74) is 0. The summed E-state index contributed by atoms with van der Waals surface area (Å²) in [6.07, 6.45) is 0. The molecule has 0 saturated heterocycles. The van der Waals surface area contributed by atoms with Crippen molar-refractivity contribution >= 4 is 23.5 Å². The highest BCUT2D eigenvalue weighted by Gasteiger charge is 2.15. The highest BCUT2D eigenvalue weighted by Crippen LogP contribution is 2.27. The summed E-state index contributed by atoms with van der Waals surface area (Å²) < 4.78 is 0.805. The van der Waals surface area contributed by atoms with Crippen LogP contribution in [0.1, 0.15) is 55.4 Å². The van der Waals surface area contributed by atoms with Gasteiger partial charge in [0, 0.05) is 33.1 Å². The van der Waals surface area contributed by atoms with Crippen LogP contribution in [0.15, 0.2) is 0 Å². The summed E-state index contributed by atoms with van der Waals surface area (Å²) in [4.78, 5) is 4.50. The fourth-order valence-electron chi connectivity index (χ4n) is 1.67. The van der Waals surface area contributed by atoms with Crippen LogP contribution in [0.4, 0.5) is 0 Å². The first-order valence-corrected chi connectivity index (χ1v) is 10.1. The van der Waals surface area contributed by atoms with Gasteiger partial charge in [0.2, 0.25) is 0 Å². The van der Waals surface area contributed by atoms with Crippen molar-refractivity contribution in [1.82, 2.24) is 9.80 Å². The third-order valence-corrected chi connectivity index (χ3v) is 5.59. The van der Waals surface area contributed by atoms with Gasteiger partial charge in [-0.3, -0.25) is 0 Å². The van der Waals surface area contributed by atoms with Crippen molar-refractivity contribution in [2.24, 2.45) is 0 Å². The Hall–Kier alpha value is 0.620. The van der Waals surface area contributed by atoms with Gasteiger partial charge in [0.1, 0.15) is 0 Å². The molecule has 0 amide bonds. The van der Waals surface area contributed by atoms with E-state index in [0.717, 1.165) is 5.25 Å². The van der Waals surface area contributed by atoms with Crippen LogP contribution in [0.5, 0.6) is 0 Å². The van der Waals surface area contributed by atoms with Gasteiger partial charge in [0.05, 0.1) is 0 Å². The Balaban J connectivity index is 0. The van der Waals surface area contributed by atoms with E-state index >= 15 is 0 Å². The van der Waals surface area contributed by atoms with Gasteiger partial charge < -0.3 is 9.80 Å². The molecule has 22 heavy (non-hydrogen) atoms. The third kappa shape index (κ3) is 20.6. The van der Waals surface area contributed by atoms with Crippen LogP contribution in [-0.4, -0.2) is 71.1 Å². The van der Waals surface area contributed by atoms with Crippen LogP contribution in [0.3, 0.4) is 0 Å². The summed E-state index contributed by atoms with van der Waals surface area (Å²) in [6, 6.07) is 0.680. The molecule has 0 aromatic carbocycles. The highest BCUT2D eigenvalue weighted by molar-refractivity contribution is 8.01. The monoisotopic (exact) mass is 350 g/mol. The zero-order valence-corrected chi connectivity index (χ0v) is 18.9. The minimum atomic E-state index is 0.398. The van der Waals surface area contributed by atoms with Gasteiger partial charge in [-0.05, 0) is 35.1 Å². The molecule has 0 aromatic rings. The molecule has 4 heteroatoms. The Labute approximate surface area is 150 Å². The van der Waals surface area contributed by atoms with Crippen molar-refractivity contribution in [3.8, 4) is 0 Å². The van der Waals surface area contributed by atoms with E-state index in [4.69, 9.17) is 0 Å². The normalized spacial score (nSPS) is 15.5. The van der Waals surface area contributed by atoms with Crippen molar-refractivity contribution in [2.75, 3.05) is 40.5 Å². The van der Waals surface area contributed by atoms with E-state index in [1.54, 1.807) is 0 Å². The second-order valence-electron chi connectivity index (χ2n) is 8.54. The van der Waals surface area contributed by atoms with Crippen LogP contribution >= 0.6 is 23.5 Å². The molecule has 0 bridgehead atoms. The number of hydrogen-bond donors (Lipinski definition) is 0. The molecule has 0 radical (unpaired) electrons. The van der Waals surface area contributed by atoms with Crippen LogP contribution in [-0.2, 0) is 0 Å². The third-order valence-electron chi connectivity index (χ3n) is 2.82. The summed E-state index contributed by atoms with van der Waals surface area (Å²) in [7, 11) is 8.52. The fraction of sp³-hybridized carbons (Fsp3) is 1.00. The second-order valence-corrected chi connectivity index (χ2v) is 12.7. The topological polar surface area (TPSA) is 6.48 Å². The van der Waals surface area contributed by atoms with E-state index in [2.05, 4.69) is 93.4 Å². The average molecular weight is 351 g/mol. The Bertz CT molecular complexity index is 265. The van der Waals surface area contributed by atoms with E-state index in [-0.39, 0.29) is 0 Å². The Morgan fingerprint density at radius 3 is 1.55 bits per heavy atom. The largest absolute Gasteiger partial charge is 0.308 e. The molecule has 0 N–H and O–H groups in total. The van der Waals surface area contributed by atoms with E-state index in [0.29, 0.717) is 15.5 Å². The minimum absolute atomic E-state index is 0.398. The van der Waals surface area contributed by atoms with Gasteiger partial charge in [-0.15, -0.1) is 0 Å². The molecule has 0 aromatic heterocycles. The molecule has 0 fully saturated rings. The molecule has 0 aliphatic carbocycles. The van der Waals surface area contributed by atoms with Crippen LogP contribution in [0.2, 0.25) is 0 Å². The maximum atomic E-state index is 2.29. The summed E-state index contributed by atoms with van der Waals surface area (Å²) in [5, 5.41) is 0.727. The molecule has 0 saturated carbocycles. The molecule has 0 aliphatic rings. The number of hydrogen-bond acceptors (Lipinski definition) is 4. The maximum Gasteiger partial charge on any atom is 0.0152 e. The maximum absolute atomic E-state index is 2.29. The lowest BCUT2D eigenvalue weighted by Gasteiger charge is -2.24. The first-order chi connectivity index (χ1) is 9.64. The van der Waals surface area contributed by atoms with E-state index in [1.807, 2.05) is 23.5 Å². The first kappa shape index (κ1) is 24.9. The summed E-state index contributed by atoms with van der Waals surface area (Å²) in [6.45, 7) is 19.3. The highest BCUT2D eigenvalue weighted by atomic mass is 32.2. The van der Waals surface area contributed by atoms with Crippen molar-refractivity contribution in [3.63, 3.8) is 0 Å². The zero-order chi connectivity index (χ0) is 18.1. The van der Waals surface area contributed by atoms with Crippen LogP contribution < -0.4 is 0 Å². The smallest absolute Gasteiger partial charge is 0.0152 e. The Morgan fingerprint density at radius 1 is 0.818 bits per heavy atom. The SMILES string of the molecule is C[C@H](CN(C)C)SC(C)(C)C.C[C@H](CSC(C)(C)C)N(C)C. The predicted octanol–water partition coefficient (Wildman–Crippen LogP) is 4.94. The summed E-state index contributed by atoms with van der Waals surface area (Å²) in [5.74, 6) is 1.22. The van der Waals surface area contributed by atoms with Crippen molar-refractivity contribution in [2.45, 2.75) is 76.2 Å². The molecule has 0 aliphatic heterocycles. The van der Waals surface area contributed by atoms with Crippen molar-refractivity contribution in [1.29, 1.82) is 0 Å². The van der Waals surface area contributed by atoms with E-state index < -0.39 is 0 Å². The fourth-order valence-corrected chi connectivity index (χ4v) is 4.29. The second kappa shape index (κ2) is 11.2. The predicted molar refractivity (Wildman–Crippen MR) is 111 cm³/mol. The lowest BCUT2D eigenvalue weighted by Crippen LogP contribution is -2.28. The van der Waals surface area contributed by atoms with Gasteiger partial charge in [-0.25, -0.2) is 0 Å². The van der Waals surface area contributed by atoms with Crippen molar-refractivity contribution in [3.05, 3.63) is 0 Å². The van der Waals surface area contributed by atoms with Gasteiger partial charge in [0.15, 0.2) is 0 Å². The molecule has 2 nitrogen and oxygen atoms in total. The summed E-state index contributed by atoms with van der Waals surface area (Å²) >= 11 is 4.07. The molecular formula is C18H42N2S2. The molecule has 0 rings (SSSR count). The average Bonchev–Trinajstić information content (AvgIpc) is 2.21. The number of thioether (sulfide) groups is 2. The molecule has 0 heterocycles. The number of rotatable bonds is 6. The molecular weight excluding hydrogens is 308 g/mol. The Morgan fingerprint density at radius 2 is 1.27 bits per heavy atom. The first-order valence-electron chi connectivity index (χ1n) is 8.27. The molecule has 136 valence electrons. The standard InChI is InChI=1S/2C9H21NS/c1-8(10(5)6)7-11-9(2,3)4;1-8(7-10(5)6)11-9(2,3)4/h2*8H,7H2,1-6H3/t2*8-/m11/s1. The Kier molecular flexibility index (Phi) is 12.7. The molecule has 2 atom stereocenters. The number of nitrogens with zero attached hydrogens (tertiary/aromatic N) is 2. The zero-order valence-electron chi connectivity index (χ0n) is 17.3. The molecule has 0 unspecified atom stereocenters. The quantitative estimate of drug-likeness (QED) is 0.669. The lowest BCUT2D eigenvalue weighted by molar-refractivity contribution is 0.339. The van der Waals surface area contributed by atoms with Gasteiger partial charge in [0.25, 0.3) is 0 Å². The van der Waals surface area contributed by atoms with E-state index in [1.165, 1.54) is 12.3 Å². The van der Waals surface area contributed by atoms with Gasteiger partial charge in [-0.2, -0.15) is 23.5 Å². The van der Waals surface area contributed by atoms with Crippen LogP contribution in [0, 0.1) is 0 Å². The van der Waals surface area contributed by atoms with Gasteiger partial charge in [-0.1, -0.05) is 48.5 Å². The molecule has 0 spiro atoms. The van der Waals surface area contributed by atoms with Gasteiger partial charge >= 0.3 is 0 Å². The minimum Gasteiger partial charge on any atom is -0.308 e.